The Bertz CT molecular complexity index is 1020. The van der Waals surface area contributed by atoms with Gasteiger partial charge in [0, 0.05) is 11.6 Å². The van der Waals surface area contributed by atoms with E-state index in [-0.39, 0.29) is 29.3 Å². The molecule has 0 saturated carbocycles. The second-order valence-corrected chi connectivity index (χ2v) is 8.32. The van der Waals surface area contributed by atoms with Crippen molar-refractivity contribution in [2.24, 2.45) is 0 Å². The van der Waals surface area contributed by atoms with E-state index in [0.717, 1.165) is 28.6 Å². The van der Waals surface area contributed by atoms with E-state index in [0.29, 0.717) is 0 Å². The number of rotatable bonds is 8. The third kappa shape index (κ3) is 5.39. The molecule has 2 rings (SSSR count). The highest BCUT2D eigenvalue weighted by Crippen LogP contribution is 2.33. The lowest BCUT2D eigenvalue weighted by Gasteiger charge is -2.24. The topological polar surface area (TPSA) is 86.7 Å². The first kappa shape index (κ1) is 23.4. The molecule has 0 heterocycles. The minimum atomic E-state index is -4.64. The first-order valence-corrected chi connectivity index (χ1v) is 10.3. The number of sulfonamides is 1. The van der Waals surface area contributed by atoms with Crippen LogP contribution in [0.3, 0.4) is 0 Å². The molecule has 0 aliphatic rings. The lowest BCUT2D eigenvalue weighted by atomic mass is 10.2. The van der Waals surface area contributed by atoms with Crippen LogP contribution in [0.5, 0.6) is 0 Å². The summed E-state index contributed by atoms with van der Waals surface area (Å²) >= 11 is 0. The maximum Gasteiger partial charge on any atom is 0.416 e. The molecule has 2 aromatic rings. The smallest absolute Gasteiger partial charge is 0.394 e. The number of aliphatic hydroxyl groups excluding tert-OH is 1. The summed E-state index contributed by atoms with van der Waals surface area (Å²) in [5, 5.41) is 11.5. The Morgan fingerprint density at radius 2 is 1.90 bits per heavy atom. The van der Waals surface area contributed by atoms with Gasteiger partial charge in [-0.25, -0.2) is 8.42 Å². The summed E-state index contributed by atoms with van der Waals surface area (Å²) in [7, 11) is -4.30. The van der Waals surface area contributed by atoms with E-state index in [1.165, 1.54) is 30.3 Å². The normalized spacial score (nSPS) is 12.8. The molecule has 0 radical (unpaired) electrons. The van der Waals surface area contributed by atoms with Gasteiger partial charge in [-0.2, -0.15) is 13.2 Å². The molecule has 0 saturated heterocycles. The van der Waals surface area contributed by atoms with E-state index in [9.17, 15) is 26.4 Å². The number of amides is 1. The molecule has 1 amide bonds. The zero-order valence-electron chi connectivity index (χ0n) is 16.1. The number of aliphatic hydroxyl groups is 1. The number of anilines is 1. The van der Waals surface area contributed by atoms with Crippen LogP contribution in [0, 0.1) is 0 Å². The maximum atomic E-state index is 13.2. The number of nitrogens with zero attached hydrogens (tertiary/aromatic N) is 1. The van der Waals surface area contributed by atoms with Crippen LogP contribution < -0.4 is 9.62 Å². The first-order chi connectivity index (χ1) is 14.0. The second kappa shape index (κ2) is 9.31. The van der Waals surface area contributed by atoms with Crippen molar-refractivity contribution < 1.29 is 31.5 Å². The second-order valence-electron chi connectivity index (χ2n) is 6.46. The van der Waals surface area contributed by atoms with Gasteiger partial charge < -0.3 is 10.4 Å². The molecule has 0 aromatic heterocycles. The van der Waals surface area contributed by atoms with Crippen molar-refractivity contribution in [3.05, 3.63) is 72.3 Å². The molecule has 30 heavy (non-hydrogen) atoms. The van der Waals surface area contributed by atoms with Crippen LogP contribution >= 0.6 is 0 Å². The van der Waals surface area contributed by atoms with Crippen LogP contribution in [0.4, 0.5) is 18.9 Å². The van der Waals surface area contributed by atoms with Crippen molar-refractivity contribution >= 4 is 21.6 Å². The van der Waals surface area contributed by atoms with Crippen molar-refractivity contribution in [1.82, 2.24) is 5.32 Å². The molecular formula is C20H21F3N2O4S. The van der Waals surface area contributed by atoms with Crippen molar-refractivity contribution in [2.45, 2.75) is 24.0 Å². The van der Waals surface area contributed by atoms with E-state index in [4.69, 9.17) is 5.11 Å². The monoisotopic (exact) mass is 442 g/mol. The van der Waals surface area contributed by atoms with E-state index < -0.39 is 33.7 Å². The summed E-state index contributed by atoms with van der Waals surface area (Å²) in [4.78, 5) is 12.0. The summed E-state index contributed by atoms with van der Waals surface area (Å²) in [5.74, 6) is -0.595. The van der Waals surface area contributed by atoms with Crippen LogP contribution in [0.25, 0.3) is 0 Å². The number of benzene rings is 2. The third-order valence-electron chi connectivity index (χ3n) is 4.09. The van der Waals surface area contributed by atoms with Crippen LogP contribution in [0.2, 0.25) is 0 Å². The molecule has 0 fully saturated rings. The third-order valence-corrected chi connectivity index (χ3v) is 5.88. The summed E-state index contributed by atoms with van der Waals surface area (Å²) in [6.07, 6.45) is -3.39. The zero-order chi connectivity index (χ0) is 22.5. The number of carbonyl (C=O) groups excluding carboxylic acids is 1. The molecule has 0 aliphatic carbocycles. The van der Waals surface area contributed by atoms with Gasteiger partial charge in [0.25, 0.3) is 15.9 Å². The van der Waals surface area contributed by atoms with Gasteiger partial charge in [-0.15, -0.1) is 6.58 Å². The Labute approximate surface area is 172 Å². The van der Waals surface area contributed by atoms with Crippen LogP contribution in [0.1, 0.15) is 22.8 Å². The van der Waals surface area contributed by atoms with E-state index in [1.807, 2.05) is 0 Å². The van der Waals surface area contributed by atoms with E-state index >= 15 is 0 Å². The summed E-state index contributed by atoms with van der Waals surface area (Å²) < 4.78 is 66.3. The van der Waals surface area contributed by atoms with Crippen molar-refractivity contribution in [3.63, 3.8) is 0 Å². The van der Waals surface area contributed by atoms with Gasteiger partial charge in [-0.1, -0.05) is 18.2 Å². The van der Waals surface area contributed by atoms with Gasteiger partial charge >= 0.3 is 6.18 Å². The fraction of sp³-hybridized carbons (Fsp3) is 0.250. The minimum absolute atomic E-state index is 0.0268. The van der Waals surface area contributed by atoms with Crippen molar-refractivity contribution in [3.8, 4) is 0 Å². The van der Waals surface area contributed by atoms with Crippen LogP contribution in [-0.2, 0) is 16.2 Å². The predicted octanol–water partition coefficient (Wildman–Crippen LogP) is 3.20. The largest absolute Gasteiger partial charge is 0.416 e. The summed E-state index contributed by atoms with van der Waals surface area (Å²) in [5.41, 5.74) is -1.15. The highest BCUT2D eigenvalue weighted by molar-refractivity contribution is 7.92. The fourth-order valence-electron chi connectivity index (χ4n) is 2.57. The molecule has 2 N–H and O–H groups in total. The van der Waals surface area contributed by atoms with Gasteiger partial charge in [0.1, 0.15) is 0 Å². The van der Waals surface area contributed by atoms with Crippen molar-refractivity contribution in [1.29, 1.82) is 0 Å². The van der Waals surface area contributed by atoms with Crippen LogP contribution in [0.15, 0.2) is 66.1 Å². The molecule has 0 bridgehead atoms. The molecule has 6 nitrogen and oxygen atoms in total. The zero-order valence-corrected chi connectivity index (χ0v) is 16.9. The lowest BCUT2D eigenvalue weighted by Crippen LogP contribution is -2.35. The molecule has 10 heteroatoms. The molecule has 2 aromatic carbocycles. The number of hydrogen-bond acceptors (Lipinski definition) is 4. The molecule has 0 spiro atoms. The molecule has 162 valence electrons. The SMILES string of the molecule is C=CCN(c1cccc(C(F)(F)F)c1)S(=O)(=O)c1cccc(C(=O)NC(C)CO)c1. The Morgan fingerprint density at radius 1 is 1.23 bits per heavy atom. The first-order valence-electron chi connectivity index (χ1n) is 8.83. The number of hydrogen-bond donors (Lipinski definition) is 2. The maximum absolute atomic E-state index is 13.2. The van der Waals surface area contributed by atoms with Gasteiger partial charge in [0.05, 0.1) is 29.3 Å². The minimum Gasteiger partial charge on any atom is -0.394 e. The van der Waals surface area contributed by atoms with Gasteiger partial charge in [0.15, 0.2) is 0 Å². The highest BCUT2D eigenvalue weighted by atomic mass is 32.2. The molecular weight excluding hydrogens is 421 g/mol. The molecule has 1 unspecified atom stereocenters. The Balaban J connectivity index is 2.48. The van der Waals surface area contributed by atoms with E-state index in [2.05, 4.69) is 11.9 Å². The Hall–Kier alpha value is -2.85. The Kier molecular flexibility index (Phi) is 7.27. The number of alkyl halides is 3. The average molecular weight is 442 g/mol. The highest BCUT2D eigenvalue weighted by Gasteiger charge is 2.32. The van der Waals surface area contributed by atoms with Gasteiger partial charge in [-0.3, -0.25) is 9.10 Å². The quantitative estimate of drug-likeness (QED) is 0.615. The lowest BCUT2D eigenvalue weighted by molar-refractivity contribution is -0.137. The molecule has 1 atom stereocenters. The Morgan fingerprint density at radius 3 is 2.50 bits per heavy atom. The molecule has 0 aliphatic heterocycles. The predicted molar refractivity (Wildman–Crippen MR) is 107 cm³/mol. The number of carbonyl (C=O) groups is 1. The van der Waals surface area contributed by atoms with E-state index in [1.54, 1.807) is 6.92 Å². The summed E-state index contributed by atoms with van der Waals surface area (Å²) in [6, 6.07) is 8.50. The van der Waals surface area contributed by atoms with Gasteiger partial charge in [0.2, 0.25) is 0 Å². The number of nitrogens with one attached hydrogen (secondary N) is 1. The average Bonchev–Trinajstić information content (AvgIpc) is 2.71. The van der Waals surface area contributed by atoms with Crippen molar-refractivity contribution in [2.75, 3.05) is 17.5 Å². The number of halogens is 3. The fourth-order valence-corrected chi connectivity index (χ4v) is 4.05. The summed E-state index contributed by atoms with van der Waals surface area (Å²) in [6.45, 7) is 4.47. The van der Waals surface area contributed by atoms with Crippen LogP contribution in [-0.4, -0.2) is 38.6 Å². The standard InChI is InChI=1S/C20H21F3N2O4S/c1-3-10-25(17-8-5-7-16(12-17)20(21,22)23)30(28,29)18-9-4-6-15(11-18)19(27)24-14(2)13-26/h3-9,11-12,14,26H,1,10,13H2,2H3,(H,24,27). The van der Waals surface area contributed by atoms with Gasteiger partial charge in [-0.05, 0) is 43.3 Å².